The summed E-state index contributed by atoms with van der Waals surface area (Å²) in [6, 6.07) is 18.0. The molecule has 0 saturated carbocycles. The first kappa shape index (κ1) is 20.3. The number of carboxylic acid groups (broad SMARTS) is 1. The van der Waals surface area contributed by atoms with Crippen LogP contribution >= 0.6 is 7.82 Å². The molecule has 2 rings (SSSR count). The number of alkyl halides is 1. The minimum atomic E-state index is -4.00. The Balaban J connectivity index is 1.96. The molecule has 0 aliphatic heterocycles. The SMILES string of the molecule is O=C(O)[C@H](F)CCOP(=O)(OCc1ccccc1)OCc1ccccc1. The van der Waals surface area contributed by atoms with E-state index in [1.54, 1.807) is 48.5 Å². The third kappa shape index (κ3) is 7.06. The van der Waals surface area contributed by atoms with Crippen LogP contribution in [-0.4, -0.2) is 23.9 Å². The molecule has 0 unspecified atom stereocenters. The number of halogens is 1. The van der Waals surface area contributed by atoms with Crippen molar-refractivity contribution in [3.63, 3.8) is 0 Å². The molecule has 26 heavy (non-hydrogen) atoms. The van der Waals surface area contributed by atoms with E-state index in [0.717, 1.165) is 11.1 Å². The van der Waals surface area contributed by atoms with Gasteiger partial charge in [-0.2, -0.15) is 0 Å². The van der Waals surface area contributed by atoms with Crippen LogP contribution in [0.5, 0.6) is 0 Å². The highest BCUT2D eigenvalue weighted by Gasteiger charge is 2.28. The number of phosphoric ester groups is 1. The Morgan fingerprint density at radius 3 is 1.81 bits per heavy atom. The molecule has 0 bridgehead atoms. The van der Waals surface area contributed by atoms with Gasteiger partial charge in [0.15, 0.2) is 6.17 Å². The van der Waals surface area contributed by atoms with Crippen molar-refractivity contribution in [1.82, 2.24) is 0 Å². The first-order chi connectivity index (χ1) is 12.5. The number of aliphatic carboxylic acids is 1. The quantitative estimate of drug-likeness (QED) is 0.582. The van der Waals surface area contributed by atoms with Crippen LogP contribution in [-0.2, 0) is 36.1 Å². The number of carbonyl (C=O) groups is 1. The predicted octanol–water partition coefficient (Wildman–Crippen LogP) is 4.36. The van der Waals surface area contributed by atoms with Crippen molar-refractivity contribution in [3.05, 3.63) is 71.8 Å². The van der Waals surface area contributed by atoms with Gasteiger partial charge >= 0.3 is 13.8 Å². The minimum absolute atomic E-state index is 0.0229. The lowest BCUT2D eigenvalue weighted by Crippen LogP contribution is -2.16. The van der Waals surface area contributed by atoms with Crippen LogP contribution in [0.4, 0.5) is 4.39 Å². The molecule has 0 fully saturated rings. The maximum Gasteiger partial charge on any atom is 0.475 e. The van der Waals surface area contributed by atoms with E-state index in [1.165, 1.54) is 0 Å². The molecule has 6 nitrogen and oxygen atoms in total. The van der Waals surface area contributed by atoms with E-state index in [4.69, 9.17) is 18.7 Å². The van der Waals surface area contributed by atoms with Crippen LogP contribution in [0.25, 0.3) is 0 Å². The third-order valence-electron chi connectivity index (χ3n) is 3.35. The summed E-state index contributed by atoms with van der Waals surface area (Å²) < 4.78 is 41.7. The Kier molecular flexibility index (Phi) is 7.94. The van der Waals surface area contributed by atoms with Crippen molar-refractivity contribution in [3.8, 4) is 0 Å². The van der Waals surface area contributed by atoms with E-state index >= 15 is 0 Å². The molecule has 8 heteroatoms. The van der Waals surface area contributed by atoms with E-state index in [2.05, 4.69) is 0 Å². The molecular weight excluding hydrogens is 362 g/mol. The van der Waals surface area contributed by atoms with Gasteiger partial charge < -0.3 is 5.11 Å². The summed E-state index contributed by atoms with van der Waals surface area (Å²) in [5, 5.41) is 8.55. The van der Waals surface area contributed by atoms with Crippen LogP contribution in [0.1, 0.15) is 17.5 Å². The molecular formula is C18H20FO6P. The van der Waals surface area contributed by atoms with E-state index in [1.807, 2.05) is 12.1 Å². The standard InChI is InChI=1S/C18H20FO6P/c19-17(18(20)21)11-12-23-26(22,24-13-15-7-3-1-4-8-15)25-14-16-9-5-2-6-10-16/h1-10,17H,11-14H2,(H,20,21)/t17-/m1/s1. The summed E-state index contributed by atoms with van der Waals surface area (Å²) >= 11 is 0. The second kappa shape index (κ2) is 10.2. The van der Waals surface area contributed by atoms with Crippen molar-refractivity contribution in [2.75, 3.05) is 6.61 Å². The van der Waals surface area contributed by atoms with Gasteiger partial charge in [-0.05, 0) is 11.1 Å². The molecule has 0 aliphatic rings. The monoisotopic (exact) mass is 382 g/mol. The van der Waals surface area contributed by atoms with Gasteiger partial charge in [-0.1, -0.05) is 60.7 Å². The molecule has 140 valence electrons. The summed E-state index contributed by atoms with van der Waals surface area (Å²) in [5.41, 5.74) is 1.52. The molecule has 2 aromatic rings. The van der Waals surface area contributed by atoms with Gasteiger partial charge in [0.2, 0.25) is 0 Å². The smallest absolute Gasteiger partial charge is 0.475 e. The minimum Gasteiger partial charge on any atom is -0.479 e. The maximum atomic E-state index is 13.2. The van der Waals surface area contributed by atoms with Crippen LogP contribution in [0.2, 0.25) is 0 Å². The highest BCUT2D eigenvalue weighted by molar-refractivity contribution is 7.48. The lowest BCUT2D eigenvalue weighted by atomic mass is 10.2. The van der Waals surface area contributed by atoms with E-state index in [9.17, 15) is 13.8 Å². The Bertz CT molecular complexity index is 677. The third-order valence-corrected chi connectivity index (χ3v) is 4.74. The zero-order chi connectivity index (χ0) is 18.8. The van der Waals surface area contributed by atoms with Crippen LogP contribution in [0.15, 0.2) is 60.7 Å². The van der Waals surface area contributed by atoms with Crippen LogP contribution < -0.4 is 0 Å². The van der Waals surface area contributed by atoms with Gasteiger partial charge in [-0.25, -0.2) is 13.8 Å². The lowest BCUT2D eigenvalue weighted by Gasteiger charge is -2.18. The summed E-state index contributed by atoms with van der Waals surface area (Å²) in [4.78, 5) is 10.5. The fraction of sp³-hybridized carbons (Fsp3) is 0.278. The molecule has 0 saturated heterocycles. The van der Waals surface area contributed by atoms with E-state index in [0.29, 0.717) is 0 Å². The second-order valence-electron chi connectivity index (χ2n) is 5.39. The number of benzene rings is 2. The fourth-order valence-electron chi connectivity index (χ4n) is 1.96. The van der Waals surface area contributed by atoms with Gasteiger partial charge in [-0.3, -0.25) is 13.6 Å². The molecule has 0 spiro atoms. The Labute approximate surface area is 151 Å². The van der Waals surface area contributed by atoms with E-state index < -0.39 is 33.0 Å². The zero-order valence-electron chi connectivity index (χ0n) is 14.0. The van der Waals surface area contributed by atoms with Gasteiger partial charge in [-0.15, -0.1) is 0 Å². The number of carboxylic acids is 1. The van der Waals surface area contributed by atoms with Gasteiger partial charge in [0.1, 0.15) is 0 Å². The first-order valence-corrected chi connectivity index (χ1v) is 9.43. The molecule has 0 aliphatic carbocycles. The average Bonchev–Trinajstić information content (AvgIpc) is 2.66. The van der Waals surface area contributed by atoms with Crippen molar-refractivity contribution in [1.29, 1.82) is 0 Å². The van der Waals surface area contributed by atoms with Crippen LogP contribution in [0.3, 0.4) is 0 Å². The molecule has 0 radical (unpaired) electrons. The van der Waals surface area contributed by atoms with Crippen molar-refractivity contribution in [2.45, 2.75) is 25.8 Å². The topological polar surface area (TPSA) is 82.1 Å². The predicted molar refractivity (Wildman–Crippen MR) is 93.2 cm³/mol. The Morgan fingerprint density at radius 2 is 1.38 bits per heavy atom. The normalized spacial score (nSPS) is 12.7. The van der Waals surface area contributed by atoms with Gasteiger partial charge in [0.05, 0.1) is 19.8 Å². The van der Waals surface area contributed by atoms with Gasteiger partial charge in [0, 0.05) is 6.42 Å². The second-order valence-corrected chi connectivity index (χ2v) is 7.06. The highest BCUT2D eigenvalue weighted by atomic mass is 31.2. The van der Waals surface area contributed by atoms with Crippen molar-refractivity contribution < 1.29 is 32.4 Å². The number of hydrogen-bond donors (Lipinski definition) is 1. The molecule has 1 N–H and O–H groups in total. The van der Waals surface area contributed by atoms with E-state index in [-0.39, 0.29) is 13.2 Å². The maximum absolute atomic E-state index is 13.2. The Morgan fingerprint density at radius 1 is 0.923 bits per heavy atom. The summed E-state index contributed by atoms with van der Waals surface area (Å²) in [6.07, 6.45) is -2.56. The molecule has 2 aromatic carbocycles. The zero-order valence-corrected chi connectivity index (χ0v) is 14.9. The summed E-state index contributed by atoms with van der Waals surface area (Å²) in [7, 11) is -4.00. The molecule has 0 amide bonds. The van der Waals surface area contributed by atoms with Crippen LogP contribution in [0, 0.1) is 0 Å². The molecule has 0 aromatic heterocycles. The first-order valence-electron chi connectivity index (χ1n) is 7.97. The molecule has 0 heterocycles. The van der Waals surface area contributed by atoms with Crippen molar-refractivity contribution in [2.24, 2.45) is 0 Å². The Hall–Kier alpha value is -2.05. The largest absolute Gasteiger partial charge is 0.479 e. The fourth-order valence-corrected chi connectivity index (χ4v) is 3.13. The molecule has 1 atom stereocenters. The lowest BCUT2D eigenvalue weighted by molar-refractivity contribution is -0.143. The summed E-state index contributed by atoms with van der Waals surface area (Å²) in [5.74, 6) is -1.60. The number of phosphoric acid groups is 1. The summed E-state index contributed by atoms with van der Waals surface area (Å²) in [6.45, 7) is -0.454. The van der Waals surface area contributed by atoms with Crippen molar-refractivity contribution >= 4 is 13.8 Å². The average molecular weight is 382 g/mol. The highest BCUT2D eigenvalue weighted by Crippen LogP contribution is 2.51. The van der Waals surface area contributed by atoms with Gasteiger partial charge in [0.25, 0.3) is 0 Å². The number of rotatable bonds is 11. The number of hydrogen-bond acceptors (Lipinski definition) is 5.